The van der Waals surface area contributed by atoms with Crippen LogP contribution >= 0.6 is 12.4 Å². The molecule has 0 unspecified atom stereocenters. The molecule has 116 valence electrons. The van der Waals surface area contributed by atoms with Crippen LogP contribution in [0.2, 0.25) is 0 Å². The van der Waals surface area contributed by atoms with Gasteiger partial charge in [-0.2, -0.15) is 0 Å². The monoisotopic (exact) mass is 327 g/mol. The van der Waals surface area contributed by atoms with E-state index in [9.17, 15) is 5.11 Å². The summed E-state index contributed by atoms with van der Waals surface area (Å²) in [5.74, 6) is 1.43. The summed E-state index contributed by atoms with van der Waals surface area (Å²) < 4.78 is 5.89. The Balaban J connectivity index is 0.00000156. The zero-order chi connectivity index (χ0) is 15.1. The largest absolute Gasteiger partial charge is 0.508 e. The third-order valence-electron chi connectivity index (χ3n) is 3.44. The maximum absolute atomic E-state index is 9.58. The number of hydrogen-bond acceptors (Lipinski definition) is 5. The van der Waals surface area contributed by atoms with E-state index in [1.807, 2.05) is 37.3 Å². The lowest BCUT2D eigenvalue weighted by molar-refractivity contribution is 0.475. The van der Waals surface area contributed by atoms with Gasteiger partial charge in [-0.1, -0.05) is 18.2 Å². The number of aryl methyl sites for hydroxylation is 1. The highest BCUT2D eigenvalue weighted by Gasteiger charge is 2.14. The van der Waals surface area contributed by atoms with Gasteiger partial charge in [-0.15, -0.1) is 12.4 Å². The number of benzene rings is 2. The predicted molar refractivity (Wildman–Crippen MR) is 92.7 cm³/mol. The van der Waals surface area contributed by atoms with E-state index in [-0.39, 0.29) is 18.2 Å². The smallest absolute Gasteiger partial charge is 0.196 e. The van der Waals surface area contributed by atoms with Crippen LogP contribution in [-0.4, -0.2) is 15.1 Å². The van der Waals surface area contributed by atoms with Crippen molar-refractivity contribution in [3.63, 3.8) is 0 Å². The summed E-state index contributed by atoms with van der Waals surface area (Å²) in [4.78, 5) is 8.91. The topological polar surface area (TPSA) is 71.2 Å². The van der Waals surface area contributed by atoms with Crippen LogP contribution in [0.15, 0.2) is 52.9 Å². The summed E-state index contributed by atoms with van der Waals surface area (Å²) in [5.41, 5.74) is 2.90. The first kappa shape index (κ1) is 15.1. The minimum Gasteiger partial charge on any atom is -0.508 e. The van der Waals surface area contributed by atoms with Crippen LogP contribution in [0.4, 0.5) is 11.5 Å². The highest BCUT2D eigenvalue weighted by atomic mass is 35.5. The number of furan rings is 1. The molecule has 0 saturated carbocycles. The molecule has 0 amide bonds. The minimum absolute atomic E-state index is 0. The Hall–Kier alpha value is -2.79. The van der Waals surface area contributed by atoms with Gasteiger partial charge in [0.1, 0.15) is 22.7 Å². The highest BCUT2D eigenvalue weighted by Crippen LogP contribution is 2.32. The van der Waals surface area contributed by atoms with Gasteiger partial charge in [0.05, 0.1) is 0 Å². The zero-order valence-corrected chi connectivity index (χ0v) is 13.1. The number of phenols is 1. The Morgan fingerprint density at radius 2 is 1.87 bits per heavy atom. The number of nitrogens with one attached hydrogen (secondary N) is 1. The highest BCUT2D eigenvalue weighted by molar-refractivity contribution is 6.06. The van der Waals surface area contributed by atoms with Crippen molar-refractivity contribution in [1.29, 1.82) is 0 Å². The summed E-state index contributed by atoms with van der Waals surface area (Å²) in [6.07, 6.45) is 0. The van der Waals surface area contributed by atoms with Crippen LogP contribution in [-0.2, 0) is 0 Å². The quantitative estimate of drug-likeness (QED) is 0.565. The van der Waals surface area contributed by atoms with Gasteiger partial charge in [-0.05, 0) is 31.2 Å². The lowest BCUT2D eigenvalue weighted by Crippen LogP contribution is -1.97. The fourth-order valence-electron chi connectivity index (χ4n) is 2.51. The number of hydrogen-bond donors (Lipinski definition) is 2. The number of aromatic hydroxyl groups is 1. The molecule has 0 aliphatic carbocycles. The van der Waals surface area contributed by atoms with Crippen LogP contribution in [0.1, 0.15) is 5.82 Å². The second-order valence-corrected chi connectivity index (χ2v) is 5.07. The molecule has 0 aliphatic heterocycles. The number of halogens is 1. The molecule has 0 radical (unpaired) electrons. The average molecular weight is 328 g/mol. The van der Waals surface area contributed by atoms with Crippen molar-refractivity contribution in [3.8, 4) is 5.75 Å². The minimum atomic E-state index is 0. The molecule has 0 aliphatic rings. The Labute approximate surface area is 138 Å². The van der Waals surface area contributed by atoms with E-state index in [1.165, 1.54) is 0 Å². The first-order chi connectivity index (χ1) is 10.7. The van der Waals surface area contributed by atoms with E-state index in [0.717, 1.165) is 22.2 Å². The van der Waals surface area contributed by atoms with Crippen molar-refractivity contribution in [2.24, 2.45) is 0 Å². The van der Waals surface area contributed by atoms with Gasteiger partial charge in [0.15, 0.2) is 11.4 Å². The second kappa shape index (κ2) is 5.78. The van der Waals surface area contributed by atoms with E-state index in [0.29, 0.717) is 17.2 Å². The van der Waals surface area contributed by atoms with Gasteiger partial charge in [0, 0.05) is 17.1 Å². The standard InChI is InChI=1S/C17H13N3O2.ClH/c1-10-18-15-13-7-2-3-8-14(13)22-16(15)17(19-10)20-11-5-4-6-12(21)9-11;/h2-9,21H,1H3,(H,18,19,20);1H. The number of phenolic OH excluding ortho intramolecular Hbond substituents is 1. The van der Waals surface area contributed by atoms with E-state index >= 15 is 0 Å². The first-order valence-corrected chi connectivity index (χ1v) is 6.92. The van der Waals surface area contributed by atoms with Crippen molar-refractivity contribution in [1.82, 2.24) is 9.97 Å². The molecule has 4 aromatic rings. The summed E-state index contributed by atoms with van der Waals surface area (Å²) in [6, 6.07) is 14.6. The molecule has 0 fully saturated rings. The third kappa shape index (κ3) is 2.66. The fourth-order valence-corrected chi connectivity index (χ4v) is 2.51. The van der Waals surface area contributed by atoms with Crippen molar-refractivity contribution in [2.45, 2.75) is 6.92 Å². The summed E-state index contributed by atoms with van der Waals surface area (Å²) in [5, 5.41) is 13.7. The van der Waals surface area contributed by atoms with E-state index in [2.05, 4.69) is 15.3 Å². The average Bonchev–Trinajstić information content (AvgIpc) is 2.86. The lowest BCUT2D eigenvalue weighted by atomic mass is 10.2. The van der Waals surface area contributed by atoms with Crippen LogP contribution in [0.5, 0.6) is 5.75 Å². The van der Waals surface area contributed by atoms with Gasteiger partial charge in [-0.25, -0.2) is 9.97 Å². The van der Waals surface area contributed by atoms with Gasteiger partial charge in [0.25, 0.3) is 0 Å². The van der Waals surface area contributed by atoms with Gasteiger partial charge >= 0.3 is 0 Å². The maximum Gasteiger partial charge on any atom is 0.196 e. The normalized spacial score (nSPS) is 10.7. The Bertz CT molecular complexity index is 998. The summed E-state index contributed by atoms with van der Waals surface area (Å²) in [6.45, 7) is 1.84. The molecule has 2 heterocycles. The van der Waals surface area contributed by atoms with Crippen molar-refractivity contribution < 1.29 is 9.52 Å². The van der Waals surface area contributed by atoms with Crippen molar-refractivity contribution in [2.75, 3.05) is 5.32 Å². The number of nitrogens with zero attached hydrogens (tertiary/aromatic N) is 2. The molecule has 2 aromatic carbocycles. The molecule has 4 rings (SSSR count). The molecule has 2 aromatic heterocycles. The van der Waals surface area contributed by atoms with Crippen LogP contribution in [0, 0.1) is 6.92 Å². The Morgan fingerprint density at radius 3 is 2.70 bits per heavy atom. The molecular formula is C17H14ClN3O2. The third-order valence-corrected chi connectivity index (χ3v) is 3.44. The van der Waals surface area contributed by atoms with Crippen molar-refractivity contribution in [3.05, 3.63) is 54.4 Å². The zero-order valence-electron chi connectivity index (χ0n) is 12.3. The van der Waals surface area contributed by atoms with Crippen LogP contribution in [0.3, 0.4) is 0 Å². The summed E-state index contributed by atoms with van der Waals surface area (Å²) in [7, 11) is 0. The fraction of sp³-hybridized carbons (Fsp3) is 0.0588. The molecule has 2 N–H and O–H groups in total. The number of para-hydroxylation sites is 1. The Kier molecular flexibility index (Phi) is 3.80. The maximum atomic E-state index is 9.58. The number of rotatable bonds is 2. The SMILES string of the molecule is Cc1nc(Nc2cccc(O)c2)c2oc3ccccc3c2n1.Cl. The molecule has 23 heavy (non-hydrogen) atoms. The number of aromatic nitrogens is 2. The van der Waals surface area contributed by atoms with Gasteiger partial charge < -0.3 is 14.8 Å². The lowest BCUT2D eigenvalue weighted by Gasteiger charge is -2.07. The van der Waals surface area contributed by atoms with E-state index in [4.69, 9.17) is 4.42 Å². The number of fused-ring (bicyclic) bond motifs is 3. The molecular weight excluding hydrogens is 314 g/mol. The van der Waals surface area contributed by atoms with Gasteiger partial charge in [0.2, 0.25) is 0 Å². The first-order valence-electron chi connectivity index (χ1n) is 6.92. The van der Waals surface area contributed by atoms with Crippen molar-refractivity contribution >= 4 is 46.0 Å². The molecule has 0 spiro atoms. The van der Waals surface area contributed by atoms with Gasteiger partial charge in [-0.3, -0.25) is 0 Å². The van der Waals surface area contributed by atoms with Crippen LogP contribution < -0.4 is 5.32 Å². The Morgan fingerprint density at radius 1 is 1.04 bits per heavy atom. The van der Waals surface area contributed by atoms with E-state index in [1.54, 1.807) is 18.2 Å². The molecule has 5 nitrogen and oxygen atoms in total. The van der Waals surface area contributed by atoms with E-state index < -0.39 is 0 Å². The molecule has 0 bridgehead atoms. The molecule has 6 heteroatoms. The molecule has 0 saturated heterocycles. The molecule has 0 atom stereocenters. The second-order valence-electron chi connectivity index (χ2n) is 5.07. The predicted octanol–water partition coefficient (Wildman–Crippen LogP) is 4.56. The number of anilines is 2. The summed E-state index contributed by atoms with van der Waals surface area (Å²) >= 11 is 0. The van der Waals surface area contributed by atoms with Crippen LogP contribution in [0.25, 0.3) is 22.1 Å².